The Bertz CT molecular complexity index is 530. The lowest BCUT2D eigenvalue weighted by Gasteiger charge is -2.38. The van der Waals surface area contributed by atoms with Crippen LogP contribution in [0.2, 0.25) is 0 Å². The van der Waals surface area contributed by atoms with E-state index in [4.69, 9.17) is 5.73 Å². The van der Waals surface area contributed by atoms with E-state index in [1.54, 1.807) is 24.8 Å². The van der Waals surface area contributed by atoms with E-state index >= 15 is 0 Å². The minimum atomic E-state index is -0.867. The molecule has 0 unspecified atom stereocenters. The van der Waals surface area contributed by atoms with E-state index < -0.39 is 10.5 Å². The molecule has 0 aliphatic carbocycles. The SMILES string of the molecule is CC(C)(N)C(=O)N1CCN(c2ccc([N+](=O)[O-])cn2)CC1. The highest BCUT2D eigenvalue weighted by Gasteiger charge is 2.30. The standard InChI is InChI=1S/C13H19N5O3/c1-13(2,14)12(19)17-7-5-16(6-8-17)11-4-3-10(9-15-11)18(20)21/h3-4,9H,5-8,14H2,1-2H3. The van der Waals surface area contributed by atoms with Gasteiger partial charge in [0.2, 0.25) is 5.91 Å². The normalized spacial score (nSPS) is 16.0. The van der Waals surface area contributed by atoms with Crippen LogP contribution < -0.4 is 10.6 Å². The summed E-state index contributed by atoms with van der Waals surface area (Å²) >= 11 is 0. The van der Waals surface area contributed by atoms with E-state index in [9.17, 15) is 14.9 Å². The molecule has 2 N–H and O–H groups in total. The fraction of sp³-hybridized carbons (Fsp3) is 0.538. The minimum absolute atomic E-state index is 0.0301. The van der Waals surface area contributed by atoms with Crippen LogP contribution in [0, 0.1) is 10.1 Å². The Morgan fingerprint density at radius 1 is 1.33 bits per heavy atom. The van der Waals surface area contributed by atoms with Gasteiger partial charge in [-0.3, -0.25) is 14.9 Å². The molecule has 21 heavy (non-hydrogen) atoms. The van der Waals surface area contributed by atoms with Gasteiger partial charge in [0.15, 0.2) is 0 Å². The van der Waals surface area contributed by atoms with Crippen molar-refractivity contribution in [1.29, 1.82) is 0 Å². The van der Waals surface area contributed by atoms with Crippen molar-refractivity contribution in [2.45, 2.75) is 19.4 Å². The number of pyridine rings is 1. The van der Waals surface area contributed by atoms with Crippen molar-refractivity contribution in [3.8, 4) is 0 Å². The maximum Gasteiger partial charge on any atom is 0.287 e. The van der Waals surface area contributed by atoms with E-state index in [1.807, 2.05) is 4.90 Å². The van der Waals surface area contributed by atoms with Gasteiger partial charge in [-0.2, -0.15) is 0 Å². The minimum Gasteiger partial charge on any atom is -0.353 e. The number of aromatic nitrogens is 1. The van der Waals surface area contributed by atoms with E-state index in [0.717, 1.165) is 0 Å². The van der Waals surface area contributed by atoms with Crippen LogP contribution in [0.4, 0.5) is 11.5 Å². The average Bonchev–Trinajstić information content (AvgIpc) is 2.46. The molecule has 1 fully saturated rings. The van der Waals surface area contributed by atoms with E-state index in [1.165, 1.54) is 12.3 Å². The first-order valence-corrected chi connectivity index (χ1v) is 6.72. The highest BCUT2D eigenvalue weighted by molar-refractivity contribution is 5.85. The van der Waals surface area contributed by atoms with E-state index in [-0.39, 0.29) is 11.6 Å². The van der Waals surface area contributed by atoms with Gasteiger partial charge < -0.3 is 15.5 Å². The number of anilines is 1. The molecule has 114 valence electrons. The van der Waals surface area contributed by atoms with Crippen molar-refractivity contribution in [2.24, 2.45) is 5.73 Å². The van der Waals surface area contributed by atoms with Crippen LogP contribution in [0.5, 0.6) is 0 Å². The summed E-state index contributed by atoms with van der Waals surface area (Å²) in [5, 5.41) is 10.6. The van der Waals surface area contributed by atoms with Crippen molar-refractivity contribution in [1.82, 2.24) is 9.88 Å². The average molecular weight is 293 g/mol. The lowest BCUT2D eigenvalue weighted by Crippen LogP contribution is -2.57. The summed E-state index contributed by atoms with van der Waals surface area (Å²) in [6.07, 6.45) is 1.25. The van der Waals surface area contributed by atoms with E-state index in [0.29, 0.717) is 32.0 Å². The quantitative estimate of drug-likeness (QED) is 0.638. The summed E-state index contributed by atoms with van der Waals surface area (Å²) in [5.74, 6) is 0.610. The Hall–Kier alpha value is -2.22. The number of rotatable bonds is 3. The van der Waals surface area contributed by atoms with Crippen LogP contribution in [0.25, 0.3) is 0 Å². The van der Waals surface area contributed by atoms with Crippen LogP contribution in [0.1, 0.15) is 13.8 Å². The molecule has 0 saturated carbocycles. The molecule has 2 rings (SSSR count). The van der Waals surface area contributed by atoms with Crippen LogP contribution in [-0.4, -0.2) is 52.4 Å². The number of carbonyl (C=O) groups excluding carboxylic acids is 1. The summed E-state index contributed by atoms with van der Waals surface area (Å²) in [7, 11) is 0. The number of nitro groups is 1. The molecule has 0 aromatic carbocycles. The molecular weight excluding hydrogens is 274 g/mol. The highest BCUT2D eigenvalue weighted by Crippen LogP contribution is 2.18. The first-order chi connectivity index (χ1) is 9.79. The lowest BCUT2D eigenvalue weighted by atomic mass is 10.0. The zero-order valence-electron chi connectivity index (χ0n) is 12.2. The van der Waals surface area contributed by atoms with Crippen LogP contribution in [-0.2, 0) is 4.79 Å². The maximum atomic E-state index is 12.1. The molecule has 0 spiro atoms. The zero-order chi connectivity index (χ0) is 15.6. The number of hydrogen-bond donors (Lipinski definition) is 1. The van der Waals surface area contributed by atoms with Gasteiger partial charge in [-0.1, -0.05) is 0 Å². The van der Waals surface area contributed by atoms with Crippen molar-refractivity contribution in [3.63, 3.8) is 0 Å². The Labute approximate surface area is 122 Å². The van der Waals surface area contributed by atoms with Gasteiger partial charge in [0.1, 0.15) is 12.0 Å². The second kappa shape index (κ2) is 5.65. The van der Waals surface area contributed by atoms with Crippen LogP contribution in [0.3, 0.4) is 0 Å². The number of hydrogen-bond acceptors (Lipinski definition) is 6. The van der Waals surface area contributed by atoms with Gasteiger partial charge in [-0.25, -0.2) is 4.98 Å². The second-order valence-corrected chi connectivity index (χ2v) is 5.63. The smallest absolute Gasteiger partial charge is 0.287 e. The monoisotopic (exact) mass is 293 g/mol. The van der Waals surface area contributed by atoms with Gasteiger partial charge in [0, 0.05) is 32.2 Å². The van der Waals surface area contributed by atoms with Crippen molar-refractivity contribution >= 4 is 17.4 Å². The number of piperazine rings is 1. The van der Waals surface area contributed by atoms with Crippen molar-refractivity contribution in [3.05, 3.63) is 28.4 Å². The Balaban J connectivity index is 1.98. The maximum absolute atomic E-state index is 12.1. The Morgan fingerprint density at radius 2 is 1.95 bits per heavy atom. The molecule has 2 heterocycles. The summed E-state index contributed by atoms with van der Waals surface area (Å²) in [5.41, 5.74) is 4.92. The van der Waals surface area contributed by atoms with Crippen LogP contribution in [0.15, 0.2) is 18.3 Å². The molecule has 1 saturated heterocycles. The van der Waals surface area contributed by atoms with Gasteiger partial charge >= 0.3 is 0 Å². The molecule has 0 radical (unpaired) electrons. The van der Waals surface area contributed by atoms with Gasteiger partial charge in [-0.15, -0.1) is 0 Å². The van der Waals surface area contributed by atoms with Gasteiger partial charge in [-0.05, 0) is 19.9 Å². The molecule has 0 bridgehead atoms. The lowest BCUT2D eigenvalue weighted by molar-refractivity contribution is -0.385. The zero-order valence-corrected chi connectivity index (χ0v) is 12.2. The first kappa shape index (κ1) is 15.2. The van der Waals surface area contributed by atoms with Gasteiger partial charge in [0.25, 0.3) is 5.69 Å². The fourth-order valence-corrected chi connectivity index (χ4v) is 2.22. The van der Waals surface area contributed by atoms with Gasteiger partial charge in [0.05, 0.1) is 10.5 Å². The summed E-state index contributed by atoms with van der Waals surface area (Å²) in [6, 6.07) is 3.06. The van der Waals surface area contributed by atoms with Crippen molar-refractivity contribution in [2.75, 3.05) is 31.1 Å². The Kier molecular flexibility index (Phi) is 4.08. The third-order valence-corrected chi connectivity index (χ3v) is 3.39. The predicted molar refractivity (Wildman–Crippen MR) is 78.0 cm³/mol. The predicted octanol–water partition coefficient (Wildman–Crippen LogP) is 0.376. The molecule has 1 amide bonds. The summed E-state index contributed by atoms with van der Waals surface area (Å²) in [6.45, 7) is 5.79. The Morgan fingerprint density at radius 3 is 2.38 bits per heavy atom. The number of nitrogens with zero attached hydrogens (tertiary/aromatic N) is 4. The van der Waals surface area contributed by atoms with E-state index in [2.05, 4.69) is 4.98 Å². The summed E-state index contributed by atoms with van der Waals surface area (Å²) in [4.78, 5) is 30.0. The third-order valence-electron chi connectivity index (χ3n) is 3.39. The summed E-state index contributed by atoms with van der Waals surface area (Å²) < 4.78 is 0. The number of nitrogens with two attached hydrogens (primary N) is 1. The molecule has 1 aliphatic heterocycles. The second-order valence-electron chi connectivity index (χ2n) is 5.63. The highest BCUT2D eigenvalue weighted by atomic mass is 16.6. The molecular formula is C13H19N5O3. The molecule has 0 atom stereocenters. The van der Waals surface area contributed by atoms with Crippen molar-refractivity contribution < 1.29 is 9.72 Å². The topological polar surface area (TPSA) is 106 Å². The fourth-order valence-electron chi connectivity index (χ4n) is 2.22. The molecule has 8 nitrogen and oxygen atoms in total. The first-order valence-electron chi connectivity index (χ1n) is 6.72. The molecule has 8 heteroatoms. The molecule has 1 aromatic heterocycles. The third kappa shape index (κ3) is 3.46. The molecule has 1 aliphatic rings. The number of amides is 1. The number of carbonyl (C=O) groups is 1. The van der Waals surface area contributed by atoms with Crippen LogP contribution >= 0.6 is 0 Å². The largest absolute Gasteiger partial charge is 0.353 e. The molecule has 1 aromatic rings.